The summed E-state index contributed by atoms with van der Waals surface area (Å²) in [6.45, 7) is 0.659. The van der Waals surface area contributed by atoms with Crippen LogP contribution in [0, 0.1) is 11.3 Å². The number of halogens is 6. The Morgan fingerprint density at radius 1 is 1.17 bits per heavy atom. The monoisotopic (exact) mass is 532 g/mol. The number of nitrogens with zero attached hydrogens (tertiary/aromatic N) is 3. The van der Waals surface area contributed by atoms with Crippen LogP contribution < -0.4 is 9.46 Å². The molecular weight excluding hydrogens is 514 g/mol. The first-order chi connectivity index (χ1) is 16.7. The third-order valence-corrected chi connectivity index (χ3v) is 7.40. The largest absolute Gasteiger partial charge is 0.573 e. The lowest BCUT2D eigenvalue weighted by Crippen LogP contribution is -2.42. The van der Waals surface area contributed by atoms with Crippen LogP contribution in [-0.2, 0) is 10.0 Å². The van der Waals surface area contributed by atoms with Crippen molar-refractivity contribution in [3.63, 3.8) is 0 Å². The first kappa shape index (κ1) is 25.8. The predicted octanol–water partition coefficient (Wildman–Crippen LogP) is 5.43. The lowest BCUT2D eigenvalue weighted by Gasteiger charge is -2.30. The summed E-state index contributed by atoms with van der Waals surface area (Å²) in [5, 5.41) is 10.2. The molecule has 0 aliphatic heterocycles. The Morgan fingerprint density at radius 2 is 1.86 bits per heavy atom. The van der Waals surface area contributed by atoms with Gasteiger partial charge < -0.3 is 9.30 Å². The molecule has 2 aromatic heterocycles. The maximum atomic E-state index is 12.8. The van der Waals surface area contributed by atoms with Crippen molar-refractivity contribution >= 4 is 20.9 Å². The molecule has 3 aromatic rings. The van der Waals surface area contributed by atoms with Crippen molar-refractivity contribution in [3.8, 4) is 23.2 Å². The number of hydrogen-bond donors (Lipinski definition) is 1. The first-order valence-corrected chi connectivity index (χ1v) is 12.1. The van der Waals surface area contributed by atoms with Gasteiger partial charge in [-0.05, 0) is 50.5 Å². The molecule has 192 valence electrons. The van der Waals surface area contributed by atoms with Crippen molar-refractivity contribution in [2.75, 3.05) is 0 Å². The highest BCUT2D eigenvalue weighted by molar-refractivity contribution is 7.89. The standard InChI is InChI=1S/C22H18F6N4O3S/c1-12(21(23,24)25)31-36(33,34)15-6-8-18(30-11-15)20-17(10-29)16-7-5-14(35-22(26,27)28)9-19(16)32(20)13-3-2-4-13/h5-9,11-13,31H,2-4H2,1H3/t12-/m0/s1. The van der Waals surface area contributed by atoms with Crippen molar-refractivity contribution < 1.29 is 39.5 Å². The van der Waals surface area contributed by atoms with Crippen LogP contribution in [0.15, 0.2) is 41.4 Å². The minimum absolute atomic E-state index is 0.113. The highest BCUT2D eigenvalue weighted by atomic mass is 32.2. The van der Waals surface area contributed by atoms with Crippen LogP contribution in [0.2, 0.25) is 0 Å². The summed E-state index contributed by atoms with van der Waals surface area (Å²) in [5.74, 6) is -0.469. The molecule has 0 unspecified atom stereocenters. The van der Waals surface area contributed by atoms with Crippen molar-refractivity contribution in [2.24, 2.45) is 0 Å². The number of nitriles is 1. The molecule has 2 heterocycles. The highest BCUT2D eigenvalue weighted by Gasteiger charge is 2.39. The Balaban J connectivity index is 1.80. The normalized spacial score (nSPS) is 15.9. The van der Waals surface area contributed by atoms with Crippen LogP contribution in [0.4, 0.5) is 26.3 Å². The number of sulfonamides is 1. The fourth-order valence-electron chi connectivity index (χ4n) is 3.92. The van der Waals surface area contributed by atoms with E-state index in [1.54, 1.807) is 4.57 Å². The van der Waals surface area contributed by atoms with Crippen molar-refractivity contribution in [1.29, 1.82) is 5.26 Å². The van der Waals surface area contributed by atoms with Crippen LogP contribution in [0.5, 0.6) is 5.75 Å². The van der Waals surface area contributed by atoms with Crippen molar-refractivity contribution in [1.82, 2.24) is 14.3 Å². The molecule has 1 N–H and O–H groups in total. The average Bonchev–Trinajstić information content (AvgIpc) is 3.04. The molecule has 1 aromatic carbocycles. The third-order valence-electron chi connectivity index (χ3n) is 5.87. The number of ether oxygens (including phenoxy) is 1. The Bertz CT molecular complexity index is 1440. The van der Waals surface area contributed by atoms with Crippen LogP contribution in [0.3, 0.4) is 0 Å². The Kier molecular flexibility index (Phi) is 6.42. The van der Waals surface area contributed by atoms with E-state index in [-0.39, 0.29) is 23.0 Å². The van der Waals surface area contributed by atoms with Gasteiger partial charge in [0.25, 0.3) is 0 Å². The quantitative estimate of drug-likeness (QED) is 0.427. The number of aromatic nitrogens is 2. The molecule has 1 aliphatic carbocycles. The summed E-state index contributed by atoms with van der Waals surface area (Å²) >= 11 is 0. The molecule has 1 fully saturated rings. The third kappa shape index (κ3) is 4.98. The Hall–Kier alpha value is -3.31. The Labute approximate surface area is 201 Å². The zero-order chi connectivity index (χ0) is 26.5. The number of alkyl halides is 6. The van der Waals surface area contributed by atoms with Gasteiger partial charge in [-0.15, -0.1) is 13.2 Å². The summed E-state index contributed by atoms with van der Waals surface area (Å²) < 4.78 is 109. The second kappa shape index (κ2) is 8.97. The Morgan fingerprint density at radius 3 is 2.36 bits per heavy atom. The fourth-order valence-corrected chi connectivity index (χ4v) is 5.10. The number of hydrogen-bond acceptors (Lipinski definition) is 5. The van der Waals surface area contributed by atoms with E-state index in [1.165, 1.54) is 22.9 Å². The van der Waals surface area contributed by atoms with Gasteiger partial charge in [0.05, 0.1) is 22.5 Å². The maximum Gasteiger partial charge on any atom is 0.573 e. The van der Waals surface area contributed by atoms with E-state index in [2.05, 4.69) is 9.72 Å². The molecule has 0 saturated heterocycles. The topological polar surface area (TPSA) is 97.0 Å². The zero-order valence-corrected chi connectivity index (χ0v) is 19.3. The lowest BCUT2D eigenvalue weighted by atomic mass is 9.92. The number of fused-ring (bicyclic) bond motifs is 1. The van der Waals surface area contributed by atoms with E-state index < -0.39 is 39.2 Å². The van der Waals surface area contributed by atoms with Crippen LogP contribution in [0.1, 0.15) is 37.8 Å². The summed E-state index contributed by atoms with van der Waals surface area (Å²) in [6, 6.07) is 5.44. The van der Waals surface area contributed by atoms with E-state index in [1.807, 2.05) is 6.07 Å². The van der Waals surface area contributed by atoms with E-state index >= 15 is 0 Å². The number of pyridine rings is 1. The average molecular weight is 532 g/mol. The zero-order valence-electron chi connectivity index (χ0n) is 18.5. The van der Waals surface area contributed by atoms with Crippen LogP contribution in [-0.4, -0.2) is 36.5 Å². The van der Waals surface area contributed by atoms with Gasteiger partial charge in [-0.3, -0.25) is 4.98 Å². The van der Waals surface area contributed by atoms with Gasteiger partial charge in [0.15, 0.2) is 0 Å². The molecule has 4 rings (SSSR count). The second-order valence-corrected chi connectivity index (χ2v) is 9.99. The van der Waals surface area contributed by atoms with E-state index in [9.17, 15) is 40.0 Å². The molecular formula is C22H18F6N4O3S. The van der Waals surface area contributed by atoms with E-state index in [0.29, 0.717) is 30.7 Å². The van der Waals surface area contributed by atoms with Gasteiger partial charge in [0.2, 0.25) is 10.0 Å². The van der Waals surface area contributed by atoms with E-state index in [0.717, 1.165) is 24.8 Å². The number of rotatable bonds is 6. The first-order valence-electron chi connectivity index (χ1n) is 10.6. The minimum atomic E-state index is -4.91. The fraction of sp³-hybridized carbons (Fsp3) is 0.364. The molecule has 0 radical (unpaired) electrons. The summed E-state index contributed by atoms with van der Waals surface area (Å²) in [6.07, 6.45) is -6.60. The van der Waals surface area contributed by atoms with E-state index in [4.69, 9.17) is 0 Å². The van der Waals surface area contributed by atoms with Crippen molar-refractivity contribution in [2.45, 2.75) is 55.7 Å². The van der Waals surface area contributed by atoms with Gasteiger partial charge in [0.1, 0.15) is 22.8 Å². The maximum absolute atomic E-state index is 12.8. The molecule has 1 atom stereocenters. The minimum Gasteiger partial charge on any atom is -0.406 e. The molecule has 0 bridgehead atoms. The smallest absolute Gasteiger partial charge is 0.406 e. The summed E-state index contributed by atoms with van der Waals surface area (Å²) in [7, 11) is -4.55. The molecule has 1 aliphatic rings. The van der Waals surface area contributed by atoms with Crippen molar-refractivity contribution in [3.05, 3.63) is 42.1 Å². The number of benzene rings is 1. The summed E-state index contributed by atoms with van der Waals surface area (Å²) in [5.41, 5.74) is 0.826. The van der Waals surface area contributed by atoms with Gasteiger partial charge in [-0.1, -0.05) is 0 Å². The van der Waals surface area contributed by atoms with Gasteiger partial charge in [-0.2, -0.15) is 23.2 Å². The van der Waals surface area contributed by atoms with Crippen LogP contribution >= 0.6 is 0 Å². The lowest BCUT2D eigenvalue weighted by molar-refractivity contribution is -0.274. The summed E-state index contributed by atoms with van der Waals surface area (Å²) in [4.78, 5) is 3.57. The molecule has 0 spiro atoms. The SMILES string of the molecule is C[C@H](NS(=O)(=O)c1ccc(-c2c(C#N)c3ccc(OC(F)(F)F)cc3n2C2CCC2)nc1)C(F)(F)F. The van der Waals surface area contributed by atoms with Gasteiger partial charge >= 0.3 is 12.5 Å². The second-order valence-electron chi connectivity index (χ2n) is 8.28. The molecule has 0 amide bonds. The highest BCUT2D eigenvalue weighted by Crippen LogP contribution is 2.43. The number of nitrogens with one attached hydrogen (secondary N) is 1. The molecule has 14 heteroatoms. The molecule has 36 heavy (non-hydrogen) atoms. The van der Waals surface area contributed by atoms with Crippen LogP contribution in [0.25, 0.3) is 22.3 Å². The van der Waals surface area contributed by atoms with Gasteiger partial charge in [-0.25, -0.2) is 8.42 Å². The molecule has 7 nitrogen and oxygen atoms in total. The predicted molar refractivity (Wildman–Crippen MR) is 115 cm³/mol. The molecule has 1 saturated carbocycles. The van der Waals surface area contributed by atoms with Gasteiger partial charge in [0, 0.05) is 23.7 Å².